The molecule has 0 aromatic heterocycles. The Morgan fingerprint density at radius 3 is 2.94 bits per heavy atom. The van der Waals surface area contributed by atoms with Crippen molar-refractivity contribution in [1.82, 2.24) is 0 Å². The molecule has 3 nitrogen and oxygen atoms in total. The zero-order valence-corrected chi connectivity index (χ0v) is 10.3. The molecule has 0 saturated heterocycles. The predicted octanol–water partition coefficient (Wildman–Crippen LogP) is 3.01. The molecular formula is C12H13ClFNO2. The molecule has 1 N–H and O–H groups in total. The Labute approximate surface area is 104 Å². The highest BCUT2D eigenvalue weighted by atomic mass is 35.5. The van der Waals surface area contributed by atoms with Gasteiger partial charge in [-0.2, -0.15) is 0 Å². The molecule has 0 aliphatic carbocycles. The molecule has 0 aliphatic rings. The van der Waals surface area contributed by atoms with Gasteiger partial charge in [0, 0.05) is 12.1 Å². The summed E-state index contributed by atoms with van der Waals surface area (Å²) < 4.78 is 18.0. The lowest BCUT2D eigenvalue weighted by molar-refractivity contribution is -0.136. The van der Waals surface area contributed by atoms with E-state index in [0.29, 0.717) is 17.8 Å². The maximum atomic E-state index is 13.4. The van der Waals surface area contributed by atoms with Crippen LogP contribution in [0.25, 0.3) is 0 Å². The molecule has 0 unspecified atom stereocenters. The Hall–Kier alpha value is -1.55. The highest BCUT2D eigenvalue weighted by Crippen LogP contribution is 2.21. The number of ether oxygens (including phenoxy) is 1. The van der Waals surface area contributed by atoms with Crippen molar-refractivity contribution in [1.29, 1.82) is 0 Å². The molecule has 0 radical (unpaired) electrons. The first-order valence-electron chi connectivity index (χ1n) is 4.99. The minimum Gasteiger partial charge on any atom is -0.466 e. The molecule has 1 rings (SSSR count). The normalized spacial score (nSPS) is 11.2. The van der Waals surface area contributed by atoms with E-state index in [1.807, 2.05) is 0 Å². The molecule has 1 aromatic carbocycles. The zero-order valence-electron chi connectivity index (χ0n) is 9.59. The van der Waals surface area contributed by atoms with Crippen LogP contribution in [0.2, 0.25) is 5.02 Å². The van der Waals surface area contributed by atoms with E-state index in [1.165, 1.54) is 13.2 Å². The fourth-order valence-corrected chi connectivity index (χ4v) is 1.37. The highest BCUT2D eigenvalue weighted by molar-refractivity contribution is 6.31. The molecule has 0 amide bonds. The summed E-state index contributed by atoms with van der Waals surface area (Å²) in [7, 11) is 1.31. The van der Waals surface area contributed by atoms with Crippen molar-refractivity contribution in [3.8, 4) is 0 Å². The average Bonchev–Trinajstić information content (AvgIpc) is 2.33. The number of esters is 1. The van der Waals surface area contributed by atoms with Gasteiger partial charge < -0.3 is 10.1 Å². The zero-order chi connectivity index (χ0) is 12.8. The number of nitrogens with one attached hydrogen (secondary N) is 1. The van der Waals surface area contributed by atoms with Crippen LogP contribution in [0.5, 0.6) is 0 Å². The van der Waals surface area contributed by atoms with Crippen molar-refractivity contribution in [2.45, 2.75) is 6.92 Å². The van der Waals surface area contributed by atoms with Crippen molar-refractivity contribution in [2.75, 3.05) is 19.0 Å². The van der Waals surface area contributed by atoms with Crippen molar-refractivity contribution in [3.05, 3.63) is 40.7 Å². The van der Waals surface area contributed by atoms with Crippen LogP contribution in [0.15, 0.2) is 29.8 Å². The summed E-state index contributed by atoms with van der Waals surface area (Å²) in [5.41, 5.74) is 0.758. The molecule has 5 heteroatoms. The number of benzene rings is 1. The van der Waals surface area contributed by atoms with Crippen LogP contribution in [0.4, 0.5) is 10.1 Å². The van der Waals surface area contributed by atoms with Crippen LogP contribution < -0.4 is 5.32 Å². The minimum absolute atomic E-state index is 0.0590. The van der Waals surface area contributed by atoms with Gasteiger partial charge in [-0.3, -0.25) is 0 Å². The van der Waals surface area contributed by atoms with E-state index < -0.39 is 11.8 Å². The van der Waals surface area contributed by atoms with Crippen molar-refractivity contribution in [2.24, 2.45) is 0 Å². The van der Waals surface area contributed by atoms with Crippen LogP contribution in [0.1, 0.15) is 6.92 Å². The lowest BCUT2D eigenvalue weighted by Crippen LogP contribution is -2.06. The average molecular weight is 258 g/mol. The standard InChI is InChI=1S/C12H13ClFNO2/c1-8(12(16)17-2)6-7-15-10-5-3-4-9(13)11(10)14/h3-6,15H,7H2,1-2H3/b8-6+. The summed E-state index contributed by atoms with van der Waals surface area (Å²) in [4.78, 5) is 11.1. The van der Waals surface area contributed by atoms with Crippen LogP contribution in [0, 0.1) is 5.82 Å². The number of hydrogen-bond acceptors (Lipinski definition) is 3. The van der Waals surface area contributed by atoms with E-state index in [9.17, 15) is 9.18 Å². The Morgan fingerprint density at radius 1 is 1.59 bits per heavy atom. The number of halogens is 2. The topological polar surface area (TPSA) is 38.3 Å². The van der Waals surface area contributed by atoms with Gasteiger partial charge >= 0.3 is 5.97 Å². The molecule has 0 spiro atoms. The van der Waals surface area contributed by atoms with Crippen LogP contribution in [-0.2, 0) is 9.53 Å². The minimum atomic E-state index is -0.502. The van der Waals surface area contributed by atoms with Crippen LogP contribution in [-0.4, -0.2) is 19.6 Å². The number of carbonyl (C=O) groups excluding carboxylic acids is 1. The van der Waals surface area contributed by atoms with Crippen LogP contribution >= 0.6 is 11.6 Å². The Bertz CT molecular complexity index is 446. The molecule has 92 valence electrons. The van der Waals surface area contributed by atoms with Crippen LogP contribution in [0.3, 0.4) is 0 Å². The fourth-order valence-electron chi connectivity index (χ4n) is 1.20. The smallest absolute Gasteiger partial charge is 0.333 e. The van der Waals surface area contributed by atoms with Gasteiger partial charge in [-0.15, -0.1) is 0 Å². The van der Waals surface area contributed by atoms with E-state index >= 15 is 0 Å². The molecule has 0 bridgehead atoms. The first kappa shape index (κ1) is 13.5. The van der Waals surface area contributed by atoms with E-state index in [0.717, 1.165) is 0 Å². The molecule has 0 atom stereocenters. The summed E-state index contributed by atoms with van der Waals surface area (Å²) in [5.74, 6) is -0.906. The highest BCUT2D eigenvalue weighted by Gasteiger charge is 2.05. The van der Waals surface area contributed by atoms with Gasteiger partial charge in [-0.25, -0.2) is 9.18 Å². The van der Waals surface area contributed by atoms with E-state index in [1.54, 1.807) is 25.1 Å². The number of rotatable bonds is 4. The monoisotopic (exact) mass is 257 g/mol. The molecule has 0 aliphatic heterocycles. The van der Waals surface area contributed by atoms with Crippen molar-refractivity contribution < 1.29 is 13.9 Å². The van der Waals surface area contributed by atoms with Gasteiger partial charge in [-0.05, 0) is 19.1 Å². The fraction of sp³-hybridized carbons (Fsp3) is 0.250. The summed E-state index contributed by atoms with van der Waals surface area (Å²) in [5, 5.41) is 2.88. The molecule has 0 saturated carbocycles. The van der Waals surface area contributed by atoms with Gasteiger partial charge in [0.05, 0.1) is 17.8 Å². The first-order chi connectivity index (χ1) is 8.06. The molecule has 1 aromatic rings. The van der Waals surface area contributed by atoms with Gasteiger partial charge in [0.15, 0.2) is 5.82 Å². The third-order valence-electron chi connectivity index (χ3n) is 2.16. The molecule has 0 fully saturated rings. The lowest BCUT2D eigenvalue weighted by Gasteiger charge is -2.06. The number of hydrogen-bond donors (Lipinski definition) is 1. The second-order valence-electron chi connectivity index (χ2n) is 3.36. The third-order valence-corrected chi connectivity index (χ3v) is 2.45. The predicted molar refractivity (Wildman–Crippen MR) is 65.7 cm³/mol. The summed E-state index contributed by atoms with van der Waals surface area (Å²) in [6, 6.07) is 4.69. The maximum absolute atomic E-state index is 13.4. The van der Waals surface area contributed by atoms with Gasteiger partial charge in [-0.1, -0.05) is 23.7 Å². The second kappa shape index (κ2) is 6.25. The van der Waals surface area contributed by atoms with E-state index in [4.69, 9.17) is 11.6 Å². The summed E-state index contributed by atoms with van der Waals surface area (Å²) >= 11 is 5.62. The summed E-state index contributed by atoms with van der Waals surface area (Å²) in [6.45, 7) is 1.94. The van der Waals surface area contributed by atoms with Gasteiger partial charge in [0.25, 0.3) is 0 Å². The Balaban J connectivity index is 2.63. The SMILES string of the molecule is COC(=O)/C(C)=C/CNc1cccc(Cl)c1F. The maximum Gasteiger partial charge on any atom is 0.333 e. The largest absolute Gasteiger partial charge is 0.466 e. The Kier molecular flexibility index (Phi) is 4.97. The Morgan fingerprint density at radius 2 is 2.29 bits per heavy atom. The second-order valence-corrected chi connectivity index (χ2v) is 3.77. The van der Waals surface area contributed by atoms with E-state index in [2.05, 4.69) is 10.1 Å². The molecular weight excluding hydrogens is 245 g/mol. The van der Waals surface area contributed by atoms with Gasteiger partial charge in [0.2, 0.25) is 0 Å². The first-order valence-corrected chi connectivity index (χ1v) is 5.37. The lowest BCUT2D eigenvalue weighted by atomic mass is 10.2. The molecule has 17 heavy (non-hydrogen) atoms. The number of anilines is 1. The number of carbonyl (C=O) groups is 1. The third kappa shape index (κ3) is 3.75. The molecule has 0 heterocycles. The van der Waals surface area contributed by atoms with Crippen molar-refractivity contribution in [3.63, 3.8) is 0 Å². The van der Waals surface area contributed by atoms with E-state index in [-0.39, 0.29) is 5.02 Å². The summed E-state index contributed by atoms with van der Waals surface area (Å²) in [6.07, 6.45) is 1.62. The van der Waals surface area contributed by atoms with Gasteiger partial charge in [0.1, 0.15) is 0 Å². The number of methoxy groups -OCH3 is 1. The quantitative estimate of drug-likeness (QED) is 0.666. The van der Waals surface area contributed by atoms with Crippen molar-refractivity contribution >= 4 is 23.3 Å².